The highest BCUT2D eigenvalue weighted by molar-refractivity contribution is 5.26. The van der Waals surface area contributed by atoms with Crippen LogP contribution in [0.3, 0.4) is 0 Å². The average Bonchev–Trinajstić information content (AvgIpc) is 2.65. The average molecular weight is 238 g/mol. The number of imidazole rings is 1. The van der Waals surface area contributed by atoms with Crippen molar-refractivity contribution in [3.05, 3.63) is 53.6 Å². The van der Waals surface area contributed by atoms with Crippen molar-refractivity contribution in [1.82, 2.24) is 15.0 Å². The Labute approximate surface area is 97.0 Å². The molecule has 17 heavy (non-hydrogen) atoms. The minimum absolute atomic E-state index is 0.388. The maximum Gasteiger partial charge on any atom is 0.131 e. The lowest BCUT2D eigenvalue weighted by molar-refractivity contribution is 0.549. The summed E-state index contributed by atoms with van der Waals surface area (Å²) in [6, 6.07) is 2.71. The van der Waals surface area contributed by atoms with Crippen molar-refractivity contribution >= 4 is 0 Å². The molecule has 0 saturated carbocycles. The van der Waals surface area contributed by atoms with E-state index in [0.717, 1.165) is 6.07 Å². The van der Waals surface area contributed by atoms with Crippen LogP contribution >= 0.6 is 0 Å². The normalized spacial score (nSPS) is 12.7. The van der Waals surface area contributed by atoms with Gasteiger partial charge in [-0.3, -0.25) is 5.84 Å². The molecular formula is C11H12F2N4. The van der Waals surface area contributed by atoms with Crippen LogP contribution in [-0.2, 0) is 7.05 Å². The van der Waals surface area contributed by atoms with E-state index in [1.807, 2.05) is 0 Å². The fraction of sp³-hybridized carbons (Fsp3) is 0.182. The van der Waals surface area contributed by atoms with Gasteiger partial charge in [0.25, 0.3) is 0 Å². The number of hydrogen-bond acceptors (Lipinski definition) is 3. The Morgan fingerprint density at radius 2 is 1.94 bits per heavy atom. The number of nitrogens with one attached hydrogen (secondary N) is 1. The van der Waals surface area contributed by atoms with Gasteiger partial charge in [0, 0.05) is 25.5 Å². The molecule has 0 saturated heterocycles. The summed E-state index contributed by atoms with van der Waals surface area (Å²) < 4.78 is 28.0. The fourth-order valence-electron chi connectivity index (χ4n) is 1.72. The summed E-state index contributed by atoms with van der Waals surface area (Å²) in [6.45, 7) is 0. The predicted octanol–water partition coefficient (Wildman–Crippen LogP) is 1.25. The largest absolute Gasteiger partial charge is 0.336 e. The number of halogens is 2. The number of hydrogen-bond donors (Lipinski definition) is 2. The Kier molecular flexibility index (Phi) is 3.16. The number of nitrogens with two attached hydrogens (primary N) is 1. The van der Waals surface area contributed by atoms with Crippen molar-refractivity contribution < 1.29 is 8.78 Å². The summed E-state index contributed by atoms with van der Waals surface area (Å²) in [7, 11) is 1.78. The fourth-order valence-corrected chi connectivity index (χ4v) is 1.72. The molecule has 0 aliphatic heterocycles. The van der Waals surface area contributed by atoms with Gasteiger partial charge >= 0.3 is 0 Å². The van der Waals surface area contributed by atoms with Gasteiger partial charge in [-0.25, -0.2) is 19.2 Å². The number of hydrazine groups is 1. The summed E-state index contributed by atoms with van der Waals surface area (Å²) in [5, 5.41) is 0. The van der Waals surface area contributed by atoms with Crippen LogP contribution in [0.2, 0.25) is 0 Å². The van der Waals surface area contributed by atoms with Crippen molar-refractivity contribution in [2.45, 2.75) is 6.04 Å². The monoisotopic (exact) mass is 238 g/mol. The lowest BCUT2D eigenvalue weighted by Crippen LogP contribution is -2.31. The first-order valence-corrected chi connectivity index (χ1v) is 5.01. The molecule has 0 aliphatic carbocycles. The first kappa shape index (κ1) is 11.7. The second-order valence-electron chi connectivity index (χ2n) is 3.70. The smallest absolute Gasteiger partial charge is 0.131 e. The number of aromatic nitrogens is 2. The van der Waals surface area contributed by atoms with Crippen molar-refractivity contribution in [1.29, 1.82) is 0 Å². The van der Waals surface area contributed by atoms with Gasteiger partial charge in [0.05, 0.1) is 0 Å². The third kappa shape index (κ3) is 2.32. The SMILES string of the molecule is Cn1ccnc1C(NN)c1cc(F)cc(F)c1. The molecule has 1 aromatic carbocycles. The number of nitrogens with zero attached hydrogens (tertiary/aromatic N) is 2. The van der Waals surface area contributed by atoms with Crippen LogP contribution in [-0.4, -0.2) is 9.55 Å². The molecule has 2 aromatic rings. The summed E-state index contributed by atoms with van der Waals surface area (Å²) in [4.78, 5) is 4.10. The Bertz CT molecular complexity index is 504. The highest BCUT2D eigenvalue weighted by Gasteiger charge is 2.18. The molecule has 0 amide bonds. The van der Waals surface area contributed by atoms with Gasteiger partial charge in [0.1, 0.15) is 23.5 Å². The lowest BCUT2D eigenvalue weighted by Gasteiger charge is -2.16. The molecule has 1 atom stereocenters. The zero-order chi connectivity index (χ0) is 12.4. The van der Waals surface area contributed by atoms with Crippen LogP contribution in [0.25, 0.3) is 0 Å². The van der Waals surface area contributed by atoms with Crippen molar-refractivity contribution in [2.75, 3.05) is 0 Å². The predicted molar refractivity (Wildman–Crippen MR) is 58.7 cm³/mol. The minimum Gasteiger partial charge on any atom is -0.336 e. The zero-order valence-corrected chi connectivity index (χ0v) is 9.19. The van der Waals surface area contributed by atoms with Crippen molar-refractivity contribution in [3.63, 3.8) is 0 Å². The van der Waals surface area contributed by atoms with Crippen molar-refractivity contribution in [3.8, 4) is 0 Å². The second kappa shape index (κ2) is 4.60. The van der Waals surface area contributed by atoms with Crippen LogP contribution in [0.5, 0.6) is 0 Å². The molecule has 2 rings (SSSR count). The second-order valence-corrected chi connectivity index (χ2v) is 3.70. The number of rotatable bonds is 3. The van der Waals surface area contributed by atoms with Gasteiger partial charge in [-0.2, -0.15) is 0 Å². The van der Waals surface area contributed by atoms with Gasteiger partial charge in [0.15, 0.2) is 0 Å². The van der Waals surface area contributed by atoms with E-state index in [4.69, 9.17) is 5.84 Å². The highest BCUT2D eigenvalue weighted by Crippen LogP contribution is 2.21. The summed E-state index contributed by atoms with van der Waals surface area (Å²) in [5.41, 5.74) is 2.89. The molecule has 0 spiro atoms. The molecule has 3 N–H and O–H groups in total. The molecule has 6 heteroatoms. The van der Waals surface area contributed by atoms with Crippen LogP contribution in [0, 0.1) is 11.6 Å². The minimum atomic E-state index is -0.644. The molecule has 90 valence electrons. The van der Waals surface area contributed by atoms with Gasteiger partial charge in [0.2, 0.25) is 0 Å². The molecule has 1 unspecified atom stereocenters. The van der Waals surface area contributed by atoms with E-state index >= 15 is 0 Å². The van der Waals surface area contributed by atoms with E-state index < -0.39 is 17.7 Å². The highest BCUT2D eigenvalue weighted by atomic mass is 19.1. The Morgan fingerprint density at radius 3 is 2.41 bits per heavy atom. The Morgan fingerprint density at radius 1 is 1.29 bits per heavy atom. The topological polar surface area (TPSA) is 55.9 Å². The van der Waals surface area contributed by atoms with E-state index in [0.29, 0.717) is 11.4 Å². The quantitative estimate of drug-likeness (QED) is 0.625. The third-order valence-electron chi connectivity index (χ3n) is 2.50. The van der Waals surface area contributed by atoms with Gasteiger partial charge in [-0.05, 0) is 17.7 Å². The van der Waals surface area contributed by atoms with Gasteiger partial charge < -0.3 is 4.57 Å². The van der Waals surface area contributed by atoms with Crippen LogP contribution in [0.1, 0.15) is 17.4 Å². The van der Waals surface area contributed by atoms with Crippen molar-refractivity contribution in [2.24, 2.45) is 12.9 Å². The molecule has 0 radical (unpaired) electrons. The van der Waals surface area contributed by atoms with Gasteiger partial charge in [-0.15, -0.1) is 0 Å². The third-order valence-corrected chi connectivity index (χ3v) is 2.50. The molecule has 0 fully saturated rings. The van der Waals surface area contributed by atoms with E-state index in [1.54, 1.807) is 24.0 Å². The maximum atomic E-state index is 13.1. The van der Waals surface area contributed by atoms with Crippen LogP contribution in [0.15, 0.2) is 30.6 Å². The zero-order valence-electron chi connectivity index (χ0n) is 9.19. The van der Waals surface area contributed by atoms with Gasteiger partial charge in [-0.1, -0.05) is 0 Å². The van der Waals surface area contributed by atoms with Crippen LogP contribution in [0.4, 0.5) is 8.78 Å². The molecule has 1 heterocycles. The molecule has 0 aliphatic rings. The first-order valence-electron chi connectivity index (χ1n) is 5.01. The number of benzene rings is 1. The summed E-state index contributed by atoms with van der Waals surface area (Å²) in [6.07, 6.45) is 3.32. The molecule has 1 aromatic heterocycles. The summed E-state index contributed by atoms with van der Waals surface area (Å²) >= 11 is 0. The molecule has 4 nitrogen and oxygen atoms in total. The van der Waals surface area contributed by atoms with E-state index in [1.165, 1.54) is 12.1 Å². The number of aryl methyl sites for hydroxylation is 1. The molecule has 0 bridgehead atoms. The van der Waals surface area contributed by atoms with E-state index in [-0.39, 0.29) is 0 Å². The Balaban J connectivity index is 2.45. The van der Waals surface area contributed by atoms with Crippen LogP contribution < -0.4 is 11.3 Å². The maximum absolute atomic E-state index is 13.1. The van der Waals surface area contributed by atoms with E-state index in [2.05, 4.69) is 10.4 Å². The lowest BCUT2D eigenvalue weighted by atomic mass is 10.1. The summed E-state index contributed by atoms with van der Waals surface area (Å²) in [5.74, 6) is 4.71. The van der Waals surface area contributed by atoms with E-state index in [9.17, 15) is 8.78 Å². The standard InChI is InChI=1S/C11H12F2N4/c1-17-3-2-15-11(17)10(16-14)7-4-8(12)6-9(13)5-7/h2-6,10,16H,14H2,1H3. The Hall–Kier alpha value is -1.79. The first-order chi connectivity index (χ1) is 8.11. The molecular weight excluding hydrogens is 226 g/mol.